The van der Waals surface area contributed by atoms with Gasteiger partial charge in [-0.3, -0.25) is 4.79 Å². The zero-order valence-electron chi connectivity index (χ0n) is 11.2. The predicted octanol–water partition coefficient (Wildman–Crippen LogP) is 1.53. The number of likely N-dealkylation sites (N-methyl/N-ethyl adjacent to an activating group) is 1. The summed E-state index contributed by atoms with van der Waals surface area (Å²) in [5, 5.41) is 0. The van der Waals surface area contributed by atoms with Crippen molar-refractivity contribution in [3.63, 3.8) is 0 Å². The largest absolute Gasteiger partial charge is 0.381 e. The Hall–Kier alpha value is -0.610. The second kappa shape index (κ2) is 7.67. The van der Waals surface area contributed by atoms with Gasteiger partial charge in [-0.2, -0.15) is 0 Å². The number of nitrogens with zero attached hydrogens (tertiary/aromatic N) is 1. The third-order valence-corrected chi connectivity index (χ3v) is 3.48. The molecule has 2 atom stereocenters. The lowest BCUT2D eigenvalue weighted by Crippen LogP contribution is -2.50. The molecular formula is C13H26N2O2. The number of rotatable bonds is 6. The average molecular weight is 242 g/mol. The van der Waals surface area contributed by atoms with Crippen LogP contribution in [-0.4, -0.2) is 43.2 Å². The van der Waals surface area contributed by atoms with Crippen molar-refractivity contribution >= 4 is 5.91 Å². The summed E-state index contributed by atoms with van der Waals surface area (Å²) in [6.45, 7) is 3.33. The van der Waals surface area contributed by atoms with Crippen LogP contribution in [0.5, 0.6) is 0 Å². The first-order valence-electron chi connectivity index (χ1n) is 6.75. The molecule has 0 aliphatic heterocycles. The fourth-order valence-electron chi connectivity index (χ4n) is 2.39. The molecule has 1 aliphatic carbocycles. The second-order valence-electron chi connectivity index (χ2n) is 4.88. The molecule has 1 amide bonds. The molecule has 4 heteroatoms. The molecule has 2 unspecified atom stereocenters. The number of ether oxygens (including phenoxy) is 1. The highest BCUT2D eigenvalue weighted by Crippen LogP contribution is 2.21. The van der Waals surface area contributed by atoms with E-state index in [0.29, 0.717) is 13.0 Å². The van der Waals surface area contributed by atoms with Gasteiger partial charge < -0.3 is 15.4 Å². The maximum atomic E-state index is 11.9. The van der Waals surface area contributed by atoms with Gasteiger partial charge in [-0.15, -0.1) is 0 Å². The molecule has 0 aromatic carbocycles. The van der Waals surface area contributed by atoms with E-state index in [-0.39, 0.29) is 18.0 Å². The fourth-order valence-corrected chi connectivity index (χ4v) is 2.39. The van der Waals surface area contributed by atoms with Gasteiger partial charge in [0.2, 0.25) is 5.91 Å². The van der Waals surface area contributed by atoms with E-state index in [2.05, 4.69) is 6.92 Å². The summed E-state index contributed by atoms with van der Waals surface area (Å²) >= 11 is 0. The van der Waals surface area contributed by atoms with Crippen LogP contribution >= 0.6 is 0 Å². The molecule has 0 aromatic heterocycles. The summed E-state index contributed by atoms with van der Waals surface area (Å²) in [5.41, 5.74) is 6.07. The standard InChI is InChI=1S/C13H26N2O2/c1-3-9-17-10-8-13(16)15(2)12-7-5-4-6-11(12)14/h11-12H,3-10,14H2,1-2H3. The van der Waals surface area contributed by atoms with Crippen molar-refractivity contribution in [3.8, 4) is 0 Å². The van der Waals surface area contributed by atoms with Crippen LogP contribution in [0.3, 0.4) is 0 Å². The number of hydrogen-bond acceptors (Lipinski definition) is 3. The Bertz CT molecular complexity index is 233. The maximum absolute atomic E-state index is 11.9. The summed E-state index contributed by atoms with van der Waals surface area (Å²) in [6, 6.07) is 0.372. The second-order valence-corrected chi connectivity index (χ2v) is 4.88. The van der Waals surface area contributed by atoms with Crippen LogP contribution in [0.2, 0.25) is 0 Å². The zero-order valence-corrected chi connectivity index (χ0v) is 11.2. The minimum atomic E-state index is 0.147. The summed E-state index contributed by atoms with van der Waals surface area (Å²) in [4.78, 5) is 13.8. The molecule has 1 saturated carbocycles. The van der Waals surface area contributed by atoms with Gasteiger partial charge >= 0.3 is 0 Å². The topological polar surface area (TPSA) is 55.6 Å². The Balaban J connectivity index is 2.29. The monoisotopic (exact) mass is 242 g/mol. The summed E-state index contributed by atoms with van der Waals surface area (Å²) < 4.78 is 5.34. The lowest BCUT2D eigenvalue weighted by Gasteiger charge is -2.36. The summed E-state index contributed by atoms with van der Waals surface area (Å²) in [6.07, 6.45) is 5.92. The fraction of sp³-hybridized carbons (Fsp3) is 0.923. The molecule has 100 valence electrons. The van der Waals surface area contributed by atoms with E-state index in [1.54, 1.807) is 0 Å². The van der Waals surface area contributed by atoms with Gasteiger partial charge in [0.1, 0.15) is 0 Å². The molecule has 0 radical (unpaired) electrons. The lowest BCUT2D eigenvalue weighted by atomic mass is 9.90. The minimum Gasteiger partial charge on any atom is -0.381 e. The van der Waals surface area contributed by atoms with Gasteiger partial charge in [0, 0.05) is 25.7 Å². The van der Waals surface area contributed by atoms with Crippen molar-refractivity contribution in [1.29, 1.82) is 0 Å². The SMILES string of the molecule is CCCOCCC(=O)N(C)C1CCCCC1N. The van der Waals surface area contributed by atoms with E-state index in [1.807, 2.05) is 11.9 Å². The summed E-state index contributed by atoms with van der Waals surface area (Å²) in [5.74, 6) is 0.156. The molecule has 0 saturated heterocycles. The molecule has 1 fully saturated rings. The van der Waals surface area contributed by atoms with Crippen LogP contribution in [0.25, 0.3) is 0 Å². The van der Waals surface area contributed by atoms with Crippen molar-refractivity contribution in [2.24, 2.45) is 5.73 Å². The number of hydrogen-bond donors (Lipinski definition) is 1. The third-order valence-electron chi connectivity index (χ3n) is 3.48. The number of nitrogens with two attached hydrogens (primary N) is 1. The van der Waals surface area contributed by atoms with E-state index in [1.165, 1.54) is 12.8 Å². The van der Waals surface area contributed by atoms with Crippen LogP contribution in [-0.2, 0) is 9.53 Å². The van der Waals surface area contributed by atoms with Crippen molar-refractivity contribution in [3.05, 3.63) is 0 Å². The van der Waals surface area contributed by atoms with Gasteiger partial charge in [-0.1, -0.05) is 19.8 Å². The Morgan fingerprint density at radius 2 is 2.06 bits per heavy atom. The van der Waals surface area contributed by atoms with E-state index in [0.717, 1.165) is 25.9 Å². The van der Waals surface area contributed by atoms with Crippen LogP contribution in [0, 0.1) is 0 Å². The Morgan fingerprint density at radius 1 is 1.35 bits per heavy atom. The van der Waals surface area contributed by atoms with Crippen molar-refractivity contribution < 1.29 is 9.53 Å². The normalized spacial score (nSPS) is 24.6. The van der Waals surface area contributed by atoms with Crippen LogP contribution in [0.4, 0.5) is 0 Å². The van der Waals surface area contributed by atoms with Gasteiger partial charge in [0.05, 0.1) is 13.0 Å². The van der Waals surface area contributed by atoms with Gasteiger partial charge in [0.25, 0.3) is 0 Å². The molecule has 0 bridgehead atoms. The molecule has 17 heavy (non-hydrogen) atoms. The van der Waals surface area contributed by atoms with E-state index >= 15 is 0 Å². The Morgan fingerprint density at radius 3 is 2.71 bits per heavy atom. The minimum absolute atomic E-state index is 0.147. The van der Waals surface area contributed by atoms with Gasteiger partial charge in [-0.25, -0.2) is 0 Å². The molecule has 1 rings (SSSR count). The number of amides is 1. The van der Waals surface area contributed by atoms with Crippen LogP contribution in [0.15, 0.2) is 0 Å². The smallest absolute Gasteiger partial charge is 0.224 e. The highest BCUT2D eigenvalue weighted by Gasteiger charge is 2.27. The van der Waals surface area contributed by atoms with Crippen LogP contribution < -0.4 is 5.73 Å². The molecule has 4 nitrogen and oxygen atoms in total. The summed E-state index contributed by atoms with van der Waals surface area (Å²) in [7, 11) is 1.87. The first-order chi connectivity index (χ1) is 8.16. The van der Waals surface area contributed by atoms with Crippen molar-refractivity contribution in [1.82, 2.24) is 4.90 Å². The molecular weight excluding hydrogens is 216 g/mol. The van der Waals surface area contributed by atoms with Gasteiger partial charge in [-0.05, 0) is 19.3 Å². The molecule has 0 aromatic rings. The Labute approximate surface area is 104 Å². The third kappa shape index (κ3) is 4.64. The maximum Gasteiger partial charge on any atom is 0.224 e. The zero-order chi connectivity index (χ0) is 12.7. The molecule has 0 heterocycles. The van der Waals surface area contributed by atoms with E-state index < -0.39 is 0 Å². The molecule has 2 N–H and O–H groups in total. The van der Waals surface area contributed by atoms with Crippen molar-refractivity contribution in [2.45, 2.75) is 57.5 Å². The quantitative estimate of drug-likeness (QED) is 0.719. The van der Waals surface area contributed by atoms with Crippen LogP contribution in [0.1, 0.15) is 45.4 Å². The molecule has 0 spiro atoms. The molecule has 1 aliphatic rings. The first kappa shape index (κ1) is 14.5. The van der Waals surface area contributed by atoms with E-state index in [4.69, 9.17) is 10.5 Å². The number of carbonyl (C=O) groups is 1. The number of carbonyl (C=O) groups excluding carboxylic acids is 1. The van der Waals surface area contributed by atoms with E-state index in [9.17, 15) is 4.79 Å². The highest BCUT2D eigenvalue weighted by molar-refractivity contribution is 5.76. The van der Waals surface area contributed by atoms with Crippen molar-refractivity contribution in [2.75, 3.05) is 20.3 Å². The Kier molecular flexibility index (Phi) is 6.52. The average Bonchev–Trinajstić information content (AvgIpc) is 2.34. The predicted molar refractivity (Wildman–Crippen MR) is 68.7 cm³/mol. The highest BCUT2D eigenvalue weighted by atomic mass is 16.5. The lowest BCUT2D eigenvalue weighted by molar-refractivity contribution is -0.134. The van der Waals surface area contributed by atoms with Gasteiger partial charge in [0.15, 0.2) is 0 Å². The first-order valence-corrected chi connectivity index (χ1v) is 6.75.